The fraction of sp³-hybridized carbons (Fsp3) is 0.167. The van der Waals surface area contributed by atoms with Crippen LogP contribution in [0.15, 0.2) is 41.8 Å². The van der Waals surface area contributed by atoms with E-state index in [1.807, 2.05) is 0 Å². The predicted octanol–water partition coefficient (Wildman–Crippen LogP) is 2.54. The maximum atomic E-state index is 10.3. The molecule has 2 heterocycles. The van der Waals surface area contributed by atoms with Gasteiger partial charge in [-0.25, -0.2) is 0 Å². The predicted molar refractivity (Wildman–Crippen MR) is 64.3 cm³/mol. The molecule has 1 aliphatic carbocycles. The summed E-state index contributed by atoms with van der Waals surface area (Å²) in [6.45, 7) is 0. The second-order valence-electron chi connectivity index (χ2n) is 3.98. The van der Waals surface area contributed by atoms with Crippen LogP contribution in [0.3, 0.4) is 0 Å². The first-order chi connectivity index (χ1) is 8.83. The molecular weight excluding hydrogens is 230 g/mol. The van der Waals surface area contributed by atoms with Gasteiger partial charge in [0, 0.05) is 22.9 Å². The van der Waals surface area contributed by atoms with Gasteiger partial charge in [0.1, 0.15) is 0 Å². The monoisotopic (exact) mass is 239 g/mol. The van der Waals surface area contributed by atoms with Crippen LogP contribution in [0.2, 0.25) is 0 Å². The first-order valence-corrected chi connectivity index (χ1v) is 5.45. The number of azide groups is 1. The highest BCUT2D eigenvalue weighted by Gasteiger charge is 2.33. The van der Waals surface area contributed by atoms with E-state index in [4.69, 9.17) is 5.53 Å². The molecule has 0 saturated heterocycles. The number of aliphatic hydroxyl groups is 1. The van der Waals surface area contributed by atoms with Gasteiger partial charge < -0.3 is 5.11 Å². The Bertz CT molecular complexity index is 650. The summed E-state index contributed by atoms with van der Waals surface area (Å²) in [4.78, 5) is 11.3. The van der Waals surface area contributed by atoms with Crippen molar-refractivity contribution in [1.29, 1.82) is 0 Å². The lowest BCUT2D eigenvalue weighted by Crippen LogP contribution is -2.17. The molecule has 2 aromatic heterocycles. The molecule has 6 heteroatoms. The van der Waals surface area contributed by atoms with Crippen LogP contribution in [0.1, 0.15) is 23.3 Å². The van der Waals surface area contributed by atoms with Gasteiger partial charge in [-0.1, -0.05) is 17.2 Å². The Morgan fingerprint density at radius 3 is 2.39 bits per heavy atom. The summed E-state index contributed by atoms with van der Waals surface area (Å²) in [7, 11) is 0. The average molecular weight is 239 g/mol. The summed E-state index contributed by atoms with van der Waals surface area (Å²) < 4.78 is 0. The molecule has 0 saturated carbocycles. The smallest absolute Gasteiger partial charge is 0.0949 e. The van der Waals surface area contributed by atoms with Crippen LogP contribution in [0.5, 0.6) is 0 Å². The zero-order chi connectivity index (χ0) is 12.5. The maximum absolute atomic E-state index is 10.3. The summed E-state index contributed by atoms with van der Waals surface area (Å²) in [5.41, 5.74) is 11.3. The molecule has 0 aromatic carbocycles. The Morgan fingerprint density at radius 1 is 1.11 bits per heavy atom. The molecule has 3 rings (SSSR count). The summed E-state index contributed by atoms with van der Waals surface area (Å²) in [5.74, 6) is 0. The quantitative estimate of drug-likeness (QED) is 0.470. The van der Waals surface area contributed by atoms with E-state index in [9.17, 15) is 5.11 Å². The molecular formula is C12H9N5O. The van der Waals surface area contributed by atoms with Crippen LogP contribution in [-0.4, -0.2) is 15.1 Å². The fourth-order valence-corrected chi connectivity index (χ4v) is 2.23. The fourth-order valence-electron chi connectivity index (χ4n) is 2.23. The molecule has 2 atom stereocenters. The van der Waals surface area contributed by atoms with E-state index in [0.29, 0.717) is 22.5 Å². The van der Waals surface area contributed by atoms with Gasteiger partial charge in [-0.2, -0.15) is 0 Å². The van der Waals surface area contributed by atoms with Crippen molar-refractivity contribution in [2.75, 3.05) is 0 Å². The number of rotatable bonds is 1. The molecule has 0 spiro atoms. The lowest BCUT2D eigenvalue weighted by Gasteiger charge is -2.27. The number of aromatic nitrogens is 2. The number of fused-ring (bicyclic) bond motifs is 3. The van der Waals surface area contributed by atoms with E-state index in [2.05, 4.69) is 20.0 Å². The molecule has 0 fully saturated rings. The normalized spacial score (nSPS) is 20.5. The number of hydrogen-bond donors (Lipinski definition) is 1. The summed E-state index contributed by atoms with van der Waals surface area (Å²) in [6.07, 6.45) is 2.42. The average Bonchev–Trinajstić information content (AvgIpc) is 2.43. The van der Waals surface area contributed by atoms with Gasteiger partial charge in [0.15, 0.2) is 0 Å². The molecule has 6 nitrogen and oxygen atoms in total. The van der Waals surface area contributed by atoms with E-state index >= 15 is 0 Å². The van der Waals surface area contributed by atoms with Crippen LogP contribution in [0.4, 0.5) is 0 Å². The summed E-state index contributed by atoms with van der Waals surface area (Å²) >= 11 is 0. The van der Waals surface area contributed by atoms with E-state index in [1.54, 1.807) is 36.7 Å². The third-order valence-electron chi connectivity index (χ3n) is 3.01. The van der Waals surface area contributed by atoms with Crippen molar-refractivity contribution in [3.63, 3.8) is 0 Å². The van der Waals surface area contributed by atoms with Gasteiger partial charge in [0.2, 0.25) is 0 Å². The van der Waals surface area contributed by atoms with Crippen molar-refractivity contribution in [3.05, 3.63) is 58.2 Å². The second kappa shape index (κ2) is 4.10. The van der Waals surface area contributed by atoms with Crippen molar-refractivity contribution >= 4 is 0 Å². The minimum Gasteiger partial charge on any atom is -0.388 e. The number of nitrogens with zero attached hydrogens (tertiary/aromatic N) is 5. The molecule has 1 N–H and O–H groups in total. The second-order valence-corrected chi connectivity index (χ2v) is 3.98. The zero-order valence-electron chi connectivity index (χ0n) is 9.30. The van der Waals surface area contributed by atoms with Gasteiger partial charge >= 0.3 is 0 Å². The molecule has 18 heavy (non-hydrogen) atoms. The minimum atomic E-state index is -0.888. The molecule has 0 bridgehead atoms. The van der Waals surface area contributed by atoms with Crippen molar-refractivity contribution in [2.24, 2.45) is 5.11 Å². The lowest BCUT2D eigenvalue weighted by atomic mass is 9.86. The van der Waals surface area contributed by atoms with E-state index in [1.165, 1.54) is 0 Å². The molecule has 0 radical (unpaired) electrons. The number of aliphatic hydroxyl groups excluding tert-OH is 1. The maximum Gasteiger partial charge on any atom is 0.0949 e. The standard InChI is InChI=1S/C12H9N5O/c13-17-16-11-7-3-1-5-14-9(7)10-8(12(11)18)4-2-6-15-10/h1-6,11-12,18H/t11-,12-/m1/s1. The summed E-state index contributed by atoms with van der Waals surface area (Å²) in [5, 5.41) is 13.9. The first-order valence-electron chi connectivity index (χ1n) is 5.45. The van der Waals surface area contributed by atoms with Crippen LogP contribution >= 0.6 is 0 Å². The van der Waals surface area contributed by atoms with Crippen LogP contribution in [0, 0.1) is 0 Å². The highest BCUT2D eigenvalue weighted by molar-refractivity contribution is 5.67. The Labute approximate surface area is 103 Å². The lowest BCUT2D eigenvalue weighted by molar-refractivity contribution is 0.145. The highest BCUT2D eigenvalue weighted by Crippen LogP contribution is 2.44. The van der Waals surface area contributed by atoms with Crippen LogP contribution < -0.4 is 0 Å². The van der Waals surface area contributed by atoms with Crippen LogP contribution in [-0.2, 0) is 0 Å². The van der Waals surface area contributed by atoms with Gasteiger partial charge in [-0.05, 0) is 23.2 Å². The van der Waals surface area contributed by atoms with E-state index in [0.717, 1.165) is 0 Å². The van der Waals surface area contributed by atoms with Gasteiger partial charge in [-0.3, -0.25) is 9.97 Å². The third-order valence-corrected chi connectivity index (χ3v) is 3.01. The Balaban J connectivity index is 2.31. The van der Waals surface area contributed by atoms with E-state index < -0.39 is 12.1 Å². The van der Waals surface area contributed by atoms with Gasteiger partial charge in [0.25, 0.3) is 0 Å². The number of hydrogen-bond acceptors (Lipinski definition) is 4. The first kappa shape index (κ1) is 10.7. The third kappa shape index (κ3) is 1.44. The SMILES string of the molecule is [N-]=[N+]=N[C@@H]1c2cccnc2-c2ncccc2[C@H]1O. The molecule has 88 valence electrons. The van der Waals surface area contributed by atoms with Crippen molar-refractivity contribution in [2.45, 2.75) is 12.1 Å². The molecule has 2 aromatic rings. The topological polar surface area (TPSA) is 94.8 Å². The van der Waals surface area contributed by atoms with Gasteiger partial charge in [0.05, 0.1) is 23.5 Å². The zero-order valence-corrected chi connectivity index (χ0v) is 9.30. The number of pyridine rings is 2. The molecule has 0 amide bonds. The molecule has 1 aliphatic rings. The molecule has 0 unspecified atom stereocenters. The minimum absolute atomic E-state index is 0.640. The largest absolute Gasteiger partial charge is 0.388 e. The van der Waals surface area contributed by atoms with E-state index in [-0.39, 0.29) is 0 Å². The Morgan fingerprint density at radius 2 is 1.72 bits per heavy atom. The van der Waals surface area contributed by atoms with Crippen molar-refractivity contribution in [3.8, 4) is 11.4 Å². The van der Waals surface area contributed by atoms with Gasteiger partial charge in [-0.15, -0.1) is 0 Å². The van der Waals surface area contributed by atoms with Crippen LogP contribution in [0.25, 0.3) is 21.8 Å². The Hall–Kier alpha value is -2.43. The molecule has 0 aliphatic heterocycles. The Kier molecular flexibility index (Phi) is 2.44. The van der Waals surface area contributed by atoms with Crippen molar-refractivity contribution in [1.82, 2.24) is 9.97 Å². The van der Waals surface area contributed by atoms with Crippen molar-refractivity contribution < 1.29 is 5.11 Å². The highest BCUT2D eigenvalue weighted by atomic mass is 16.3. The summed E-state index contributed by atoms with van der Waals surface area (Å²) in [6, 6.07) is 6.39.